The summed E-state index contributed by atoms with van der Waals surface area (Å²) in [5, 5.41) is 0. The molecule has 0 amide bonds. The fourth-order valence-electron chi connectivity index (χ4n) is 2.63. The molecule has 4 rings (SSSR count). The van der Waals surface area contributed by atoms with E-state index in [1.54, 1.807) is 12.5 Å². The maximum Gasteiger partial charge on any atom is 0.176 e. The van der Waals surface area contributed by atoms with Crippen LogP contribution in [0, 0.1) is 0 Å². The van der Waals surface area contributed by atoms with Gasteiger partial charge in [-0.25, -0.2) is 0 Å². The van der Waals surface area contributed by atoms with Crippen LogP contribution in [-0.4, -0.2) is 13.2 Å². The summed E-state index contributed by atoms with van der Waals surface area (Å²) in [5.74, 6) is 3.46. The number of ether oxygens (including phenoxy) is 4. The Hall–Kier alpha value is -2.88. The molecule has 0 atom stereocenters. The van der Waals surface area contributed by atoms with Gasteiger partial charge in [-0.15, -0.1) is 0 Å². The van der Waals surface area contributed by atoms with E-state index in [0.29, 0.717) is 13.2 Å². The van der Waals surface area contributed by atoms with E-state index in [0.717, 1.165) is 23.0 Å². The first-order chi connectivity index (χ1) is 12.1. The van der Waals surface area contributed by atoms with Crippen LogP contribution < -0.4 is 9.47 Å². The molecular formula is C21H20O4. The van der Waals surface area contributed by atoms with Gasteiger partial charge in [-0.2, -0.15) is 0 Å². The number of hydrogen-bond acceptors (Lipinski definition) is 4. The molecule has 0 aromatic heterocycles. The van der Waals surface area contributed by atoms with Crippen molar-refractivity contribution in [3.63, 3.8) is 0 Å². The van der Waals surface area contributed by atoms with Crippen LogP contribution in [-0.2, 0) is 14.9 Å². The Labute approximate surface area is 147 Å². The van der Waals surface area contributed by atoms with Gasteiger partial charge in [0.15, 0.2) is 11.5 Å². The lowest BCUT2D eigenvalue weighted by molar-refractivity contribution is 0.316. The summed E-state index contributed by atoms with van der Waals surface area (Å²) in [7, 11) is 0. The summed E-state index contributed by atoms with van der Waals surface area (Å²) in [6, 6.07) is 16.4. The van der Waals surface area contributed by atoms with Crippen LogP contribution in [0.15, 0.2) is 72.6 Å². The molecule has 2 aliphatic rings. The van der Waals surface area contributed by atoms with Gasteiger partial charge >= 0.3 is 0 Å². The van der Waals surface area contributed by atoms with Gasteiger partial charge in [-0.05, 0) is 35.4 Å². The smallest absolute Gasteiger partial charge is 0.176 e. The minimum atomic E-state index is -0.110. The van der Waals surface area contributed by atoms with E-state index in [-0.39, 0.29) is 5.41 Å². The average Bonchev–Trinajstić information content (AvgIpc) is 3.54. The van der Waals surface area contributed by atoms with Gasteiger partial charge in [0.25, 0.3) is 0 Å². The molecule has 0 N–H and O–H groups in total. The van der Waals surface area contributed by atoms with Crippen LogP contribution in [0.4, 0.5) is 0 Å². The van der Waals surface area contributed by atoms with Gasteiger partial charge in [0.1, 0.15) is 37.2 Å². The lowest BCUT2D eigenvalue weighted by Gasteiger charge is -2.26. The highest BCUT2D eigenvalue weighted by Gasteiger charge is 2.23. The summed E-state index contributed by atoms with van der Waals surface area (Å²) in [6.07, 6.45) is 3.39. The quantitative estimate of drug-likeness (QED) is 0.711. The monoisotopic (exact) mass is 336 g/mol. The van der Waals surface area contributed by atoms with Gasteiger partial charge < -0.3 is 18.9 Å². The Bertz CT molecular complexity index is 744. The van der Waals surface area contributed by atoms with E-state index >= 15 is 0 Å². The summed E-state index contributed by atoms with van der Waals surface area (Å²) in [4.78, 5) is 0. The number of rotatable bonds is 8. The van der Waals surface area contributed by atoms with Crippen LogP contribution in [0.3, 0.4) is 0 Å². The fraction of sp³-hybridized carbons (Fsp3) is 0.238. The first-order valence-electron chi connectivity index (χ1n) is 8.29. The predicted octanol–water partition coefficient (Wildman–Crippen LogP) is 4.51. The maximum absolute atomic E-state index is 5.65. The molecule has 2 aromatic carbocycles. The van der Waals surface area contributed by atoms with Crippen molar-refractivity contribution in [3.8, 4) is 11.5 Å². The third-order valence-electron chi connectivity index (χ3n) is 4.48. The molecule has 0 unspecified atom stereocenters. The molecule has 128 valence electrons. The van der Waals surface area contributed by atoms with Crippen molar-refractivity contribution in [2.75, 3.05) is 13.2 Å². The van der Waals surface area contributed by atoms with Crippen LogP contribution in [0.25, 0.3) is 0 Å². The molecule has 2 aliphatic heterocycles. The van der Waals surface area contributed by atoms with Crippen molar-refractivity contribution >= 4 is 0 Å². The van der Waals surface area contributed by atoms with Crippen LogP contribution in [0.2, 0.25) is 0 Å². The van der Waals surface area contributed by atoms with E-state index in [2.05, 4.69) is 38.1 Å². The molecule has 0 saturated carbocycles. The second kappa shape index (κ2) is 6.20. The fourth-order valence-corrected chi connectivity index (χ4v) is 2.63. The molecule has 4 heteroatoms. The van der Waals surface area contributed by atoms with Gasteiger partial charge in [0.2, 0.25) is 0 Å². The first kappa shape index (κ1) is 15.6. The van der Waals surface area contributed by atoms with E-state index in [4.69, 9.17) is 18.9 Å². The highest BCUT2D eigenvalue weighted by Crippen LogP contribution is 2.33. The standard InChI is InChI=1S/C21H20O4/c1-21(2,15-3-7-17(8-4-15)22-11-19-13-24-19)16-5-9-18(10-6-16)23-12-20-14-25-20/h3-10,13-14H,11-12H2,1-2H3. The van der Waals surface area contributed by atoms with Crippen molar-refractivity contribution in [3.05, 3.63) is 83.7 Å². The van der Waals surface area contributed by atoms with Crippen LogP contribution in [0.5, 0.6) is 11.5 Å². The van der Waals surface area contributed by atoms with E-state index in [1.165, 1.54) is 11.1 Å². The first-order valence-corrected chi connectivity index (χ1v) is 8.29. The van der Waals surface area contributed by atoms with Gasteiger partial charge in [-0.1, -0.05) is 38.1 Å². The Balaban J connectivity index is 1.43. The zero-order valence-corrected chi connectivity index (χ0v) is 14.3. The summed E-state index contributed by atoms with van der Waals surface area (Å²) < 4.78 is 21.2. The Morgan fingerprint density at radius 1 is 0.680 bits per heavy atom. The minimum Gasteiger partial charge on any atom is -0.486 e. The topological polar surface area (TPSA) is 43.5 Å². The summed E-state index contributed by atoms with van der Waals surface area (Å²) >= 11 is 0. The lowest BCUT2D eigenvalue weighted by atomic mass is 9.78. The molecule has 0 saturated heterocycles. The van der Waals surface area contributed by atoms with Gasteiger partial charge in [-0.3, -0.25) is 0 Å². The van der Waals surface area contributed by atoms with E-state index in [9.17, 15) is 0 Å². The Morgan fingerprint density at radius 2 is 1.04 bits per heavy atom. The Morgan fingerprint density at radius 3 is 1.36 bits per heavy atom. The zero-order valence-electron chi connectivity index (χ0n) is 14.3. The SMILES string of the molecule is CC(C)(c1ccc(OCC2=CO2)cc1)c1ccc(OCC2=CO2)cc1. The molecule has 0 radical (unpaired) electrons. The second-order valence-electron chi connectivity index (χ2n) is 6.66. The van der Waals surface area contributed by atoms with Crippen molar-refractivity contribution in [1.29, 1.82) is 0 Å². The van der Waals surface area contributed by atoms with E-state index in [1.807, 2.05) is 24.3 Å². The second-order valence-corrected chi connectivity index (χ2v) is 6.66. The van der Waals surface area contributed by atoms with Crippen molar-refractivity contribution in [1.82, 2.24) is 0 Å². The molecule has 2 heterocycles. The number of hydrogen-bond donors (Lipinski definition) is 0. The third kappa shape index (κ3) is 3.79. The molecule has 2 aromatic rings. The van der Waals surface area contributed by atoms with Crippen molar-refractivity contribution in [2.45, 2.75) is 19.3 Å². The molecule has 25 heavy (non-hydrogen) atoms. The zero-order chi connectivity index (χ0) is 17.3. The maximum atomic E-state index is 5.65. The van der Waals surface area contributed by atoms with E-state index < -0.39 is 0 Å². The van der Waals surface area contributed by atoms with Crippen LogP contribution in [0.1, 0.15) is 25.0 Å². The van der Waals surface area contributed by atoms with Gasteiger partial charge in [0, 0.05) is 5.41 Å². The highest BCUT2D eigenvalue weighted by atomic mass is 16.6. The predicted molar refractivity (Wildman–Crippen MR) is 94.3 cm³/mol. The minimum absolute atomic E-state index is 0.110. The largest absolute Gasteiger partial charge is 0.486 e. The van der Waals surface area contributed by atoms with Crippen molar-refractivity contribution in [2.24, 2.45) is 0 Å². The third-order valence-corrected chi connectivity index (χ3v) is 4.48. The molecular weight excluding hydrogens is 316 g/mol. The van der Waals surface area contributed by atoms with Crippen molar-refractivity contribution < 1.29 is 18.9 Å². The molecule has 0 bridgehead atoms. The summed E-state index contributed by atoms with van der Waals surface area (Å²) in [5.41, 5.74) is 2.35. The van der Waals surface area contributed by atoms with Crippen LogP contribution >= 0.6 is 0 Å². The Kier molecular flexibility index (Phi) is 3.88. The highest BCUT2D eigenvalue weighted by molar-refractivity contribution is 5.42. The van der Waals surface area contributed by atoms with Gasteiger partial charge in [0.05, 0.1) is 0 Å². The normalized spacial score (nSPS) is 14.6. The molecule has 0 fully saturated rings. The molecule has 0 spiro atoms. The molecule has 0 aliphatic carbocycles. The average molecular weight is 336 g/mol. The summed E-state index contributed by atoms with van der Waals surface area (Å²) in [6.45, 7) is 5.41. The number of benzene rings is 2. The lowest BCUT2D eigenvalue weighted by Crippen LogP contribution is -2.18. The molecule has 4 nitrogen and oxygen atoms in total.